The highest BCUT2D eigenvalue weighted by molar-refractivity contribution is 4.77. The molecule has 2 nitrogen and oxygen atoms in total. The summed E-state index contributed by atoms with van der Waals surface area (Å²) in [6.45, 7) is 4.28. The fraction of sp³-hybridized carbons (Fsp3) is 1.00. The average molecular weight is 170 g/mol. The van der Waals surface area contributed by atoms with Crippen molar-refractivity contribution in [3.8, 4) is 0 Å². The van der Waals surface area contributed by atoms with Crippen LogP contribution in [0.1, 0.15) is 39.0 Å². The molecule has 0 amide bonds. The maximum absolute atomic E-state index is 5.44. The van der Waals surface area contributed by atoms with Crippen molar-refractivity contribution in [2.24, 2.45) is 11.7 Å². The van der Waals surface area contributed by atoms with Gasteiger partial charge in [0, 0.05) is 6.04 Å². The lowest BCUT2D eigenvalue weighted by atomic mass is 9.86. The largest absolute Gasteiger partial charge is 0.330 e. The minimum atomic E-state index is 0.769. The lowest BCUT2D eigenvalue weighted by Crippen LogP contribution is -2.38. The van der Waals surface area contributed by atoms with Crippen LogP contribution in [0.5, 0.6) is 0 Å². The summed E-state index contributed by atoms with van der Waals surface area (Å²) >= 11 is 0. The molecule has 0 heterocycles. The molecule has 2 atom stereocenters. The van der Waals surface area contributed by atoms with Crippen LogP contribution in [0, 0.1) is 5.92 Å². The monoisotopic (exact) mass is 170 g/mol. The van der Waals surface area contributed by atoms with Crippen LogP contribution in [-0.4, -0.2) is 19.1 Å². The van der Waals surface area contributed by atoms with Crippen LogP contribution in [0.3, 0.4) is 0 Å². The van der Waals surface area contributed by atoms with Gasteiger partial charge >= 0.3 is 0 Å². The Balaban J connectivity index is 2.11. The lowest BCUT2D eigenvalue weighted by Gasteiger charge is -2.29. The zero-order valence-corrected chi connectivity index (χ0v) is 8.18. The van der Waals surface area contributed by atoms with Gasteiger partial charge in [0.05, 0.1) is 0 Å². The van der Waals surface area contributed by atoms with Crippen molar-refractivity contribution in [1.82, 2.24) is 5.32 Å². The summed E-state index contributed by atoms with van der Waals surface area (Å²) < 4.78 is 0. The molecule has 0 aliphatic heterocycles. The number of hydrogen-bond donors (Lipinski definition) is 2. The first kappa shape index (κ1) is 10.0. The first-order valence-electron chi connectivity index (χ1n) is 5.28. The van der Waals surface area contributed by atoms with E-state index < -0.39 is 0 Å². The van der Waals surface area contributed by atoms with Crippen molar-refractivity contribution < 1.29 is 0 Å². The first-order valence-corrected chi connectivity index (χ1v) is 5.28. The minimum Gasteiger partial charge on any atom is -0.330 e. The van der Waals surface area contributed by atoms with Gasteiger partial charge in [0.1, 0.15) is 0 Å². The molecule has 0 aromatic carbocycles. The molecule has 72 valence electrons. The van der Waals surface area contributed by atoms with E-state index in [1.165, 1.54) is 25.7 Å². The highest BCUT2D eigenvalue weighted by Crippen LogP contribution is 2.23. The smallest absolute Gasteiger partial charge is 0.00926 e. The topological polar surface area (TPSA) is 38.0 Å². The van der Waals surface area contributed by atoms with E-state index in [-0.39, 0.29) is 0 Å². The fourth-order valence-electron chi connectivity index (χ4n) is 2.01. The first-order chi connectivity index (χ1) is 5.84. The summed E-state index contributed by atoms with van der Waals surface area (Å²) in [5.41, 5.74) is 5.44. The van der Waals surface area contributed by atoms with Crippen molar-refractivity contribution in [2.45, 2.75) is 45.1 Å². The Morgan fingerprint density at radius 1 is 1.33 bits per heavy atom. The Morgan fingerprint density at radius 3 is 2.75 bits per heavy atom. The van der Waals surface area contributed by atoms with E-state index in [1.807, 2.05) is 0 Å². The second-order valence-corrected chi connectivity index (χ2v) is 3.96. The maximum Gasteiger partial charge on any atom is 0.00926 e. The third-order valence-corrected chi connectivity index (χ3v) is 2.90. The molecular weight excluding hydrogens is 148 g/mol. The van der Waals surface area contributed by atoms with Gasteiger partial charge in [-0.1, -0.05) is 19.8 Å². The van der Waals surface area contributed by atoms with Gasteiger partial charge < -0.3 is 11.1 Å². The summed E-state index contributed by atoms with van der Waals surface area (Å²) in [5, 5.41) is 3.59. The van der Waals surface area contributed by atoms with Crippen LogP contribution in [-0.2, 0) is 0 Å². The molecule has 0 saturated heterocycles. The molecule has 1 aliphatic rings. The molecule has 1 fully saturated rings. The normalized spacial score (nSPS) is 30.5. The van der Waals surface area contributed by atoms with Gasteiger partial charge in [-0.25, -0.2) is 0 Å². The van der Waals surface area contributed by atoms with Crippen molar-refractivity contribution in [3.05, 3.63) is 0 Å². The van der Waals surface area contributed by atoms with Crippen molar-refractivity contribution in [3.63, 3.8) is 0 Å². The fourth-order valence-corrected chi connectivity index (χ4v) is 2.01. The summed E-state index contributed by atoms with van der Waals surface area (Å²) in [4.78, 5) is 0. The van der Waals surface area contributed by atoms with Crippen LogP contribution in [0.25, 0.3) is 0 Å². The van der Waals surface area contributed by atoms with Crippen LogP contribution < -0.4 is 11.1 Å². The Labute approximate surface area is 75.9 Å². The molecule has 0 radical (unpaired) electrons. The van der Waals surface area contributed by atoms with Gasteiger partial charge in [-0.2, -0.15) is 0 Å². The zero-order valence-electron chi connectivity index (χ0n) is 8.18. The van der Waals surface area contributed by atoms with Gasteiger partial charge in [-0.05, 0) is 38.3 Å². The zero-order chi connectivity index (χ0) is 8.81. The van der Waals surface area contributed by atoms with Gasteiger partial charge in [0.2, 0.25) is 0 Å². The standard InChI is InChI=1S/C10H22N2/c1-9-5-2-3-6-10(9)12-8-4-7-11/h9-10,12H,2-8,11H2,1H3. The second kappa shape index (κ2) is 5.55. The Kier molecular flexibility index (Phi) is 4.62. The minimum absolute atomic E-state index is 0.769. The van der Waals surface area contributed by atoms with Crippen molar-refractivity contribution in [2.75, 3.05) is 13.1 Å². The van der Waals surface area contributed by atoms with E-state index in [1.54, 1.807) is 0 Å². The molecule has 0 bridgehead atoms. The van der Waals surface area contributed by atoms with Crippen LogP contribution in [0.2, 0.25) is 0 Å². The number of rotatable bonds is 4. The molecular formula is C10H22N2. The van der Waals surface area contributed by atoms with E-state index >= 15 is 0 Å². The van der Waals surface area contributed by atoms with Gasteiger partial charge in [0.15, 0.2) is 0 Å². The maximum atomic E-state index is 5.44. The Morgan fingerprint density at radius 2 is 2.08 bits per heavy atom. The third kappa shape index (κ3) is 3.11. The van der Waals surface area contributed by atoms with Crippen molar-refractivity contribution in [1.29, 1.82) is 0 Å². The summed E-state index contributed by atoms with van der Waals surface area (Å²) in [7, 11) is 0. The molecule has 2 unspecified atom stereocenters. The van der Waals surface area contributed by atoms with E-state index in [2.05, 4.69) is 12.2 Å². The molecule has 0 spiro atoms. The van der Waals surface area contributed by atoms with E-state index in [0.717, 1.165) is 31.5 Å². The summed E-state index contributed by atoms with van der Waals surface area (Å²) in [6.07, 6.45) is 6.72. The molecule has 3 N–H and O–H groups in total. The Bertz CT molecular complexity index is 114. The van der Waals surface area contributed by atoms with Gasteiger partial charge in [-0.15, -0.1) is 0 Å². The molecule has 1 saturated carbocycles. The highest BCUT2D eigenvalue weighted by Gasteiger charge is 2.19. The summed E-state index contributed by atoms with van der Waals surface area (Å²) in [5.74, 6) is 0.872. The molecule has 0 aromatic heterocycles. The number of nitrogens with one attached hydrogen (secondary N) is 1. The number of hydrogen-bond acceptors (Lipinski definition) is 2. The van der Waals surface area contributed by atoms with Crippen molar-refractivity contribution >= 4 is 0 Å². The predicted molar refractivity (Wildman–Crippen MR) is 53.1 cm³/mol. The summed E-state index contributed by atoms with van der Waals surface area (Å²) in [6, 6.07) is 0.769. The van der Waals surface area contributed by atoms with Crippen LogP contribution >= 0.6 is 0 Å². The lowest BCUT2D eigenvalue weighted by molar-refractivity contribution is 0.281. The molecule has 1 rings (SSSR count). The van der Waals surface area contributed by atoms with E-state index in [4.69, 9.17) is 5.73 Å². The van der Waals surface area contributed by atoms with E-state index in [9.17, 15) is 0 Å². The van der Waals surface area contributed by atoms with Gasteiger partial charge in [0.25, 0.3) is 0 Å². The second-order valence-electron chi connectivity index (χ2n) is 3.96. The SMILES string of the molecule is CC1CCCCC1NCCCN. The predicted octanol–water partition coefficient (Wildman–Crippen LogP) is 1.50. The molecule has 2 heteroatoms. The third-order valence-electron chi connectivity index (χ3n) is 2.90. The van der Waals surface area contributed by atoms with Crippen LogP contribution in [0.15, 0.2) is 0 Å². The highest BCUT2D eigenvalue weighted by atomic mass is 14.9. The average Bonchev–Trinajstić information content (AvgIpc) is 2.09. The quantitative estimate of drug-likeness (QED) is 0.628. The molecule has 0 aromatic rings. The van der Waals surface area contributed by atoms with Crippen LogP contribution in [0.4, 0.5) is 0 Å². The van der Waals surface area contributed by atoms with E-state index in [0.29, 0.717) is 0 Å². The molecule has 12 heavy (non-hydrogen) atoms. The van der Waals surface area contributed by atoms with Gasteiger partial charge in [-0.3, -0.25) is 0 Å². The molecule has 1 aliphatic carbocycles. The Hall–Kier alpha value is -0.0800. The number of nitrogens with two attached hydrogens (primary N) is 1.